The Bertz CT molecular complexity index is 829. The van der Waals surface area contributed by atoms with Gasteiger partial charge in [-0.05, 0) is 19.1 Å². The maximum Gasteiger partial charge on any atom is 0.244 e. The molecule has 3 heterocycles. The SMILES string of the molecule is Cc1cc(NC(=O)CN2CCN(S(=O)(=O)c3cccnc3)CC2)no1. The molecule has 1 amide bonds. The highest BCUT2D eigenvalue weighted by atomic mass is 32.2. The van der Waals surface area contributed by atoms with Crippen molar-refractivity contribution in [2.24, 2.45) is 0 Å². The summed E-state index contributed by atoms with van der Waals surface area (Å²) in [6.07, 6.45) is 2.88. The van der Waals surface area contributed by atoms with Gasteiger partial charge in [-0.1, -0.05) is 5.16 Å². The molecule has 1 N–H and O–H groups in total. The molecule has 0 unspecified atom stereocenters. The Kier molecular flexibility index (Phi) is 5.11. The van der Waals surface area contributed by atoms with Crippen LogP contribution in [0.15, 0.2) is 40.0 Å². The highest BCUT2D eigenvalue weighted by molar-refractivity contribution is 7.89. The van der Waals surface area contributed by atoms with Crippen molar-refractivity contribution in [2.45, 2.75) is 11.8 Å². The van der Waals surface area contributed by atoms with Crippen LogP contribution in [0.2, 0.25) is 0 Å². The smallest absolute Gasteiger partial charge is 0.244 e. The van der Waals surface area contributed by atoms with E-state index in [-0.39, 0.29) is 17.3 Å². The van der Waals surface area contributed by atoms with Crippen molar-refractivity contribution in [3.05, 3.63) is 36.4 Å². The average Bonchev–Trinajstić information content (AvgIpc) is 3.01. The molecule has 1 saturated heterocycles. The van der Waals surface area contributed by atoms with E-state index in [1.165, 1.54) is 22.8 Å². The molecular formula is C15H19N5O4S. The summed E-state index contributed by atoms with van der Waals surface area (Å²) < 4.78 is 31.4. The van der Waals surface area contributed by atoms with Crippen molar-refractivity contribution < 1.29 is 17.7 Å². The first-order valence-corrected chi connectivity index (χ1v) is 9.25. The van der Waals surface area contributed by atoms with Crippen molar-refractivity contribution in [1.29, 1.82) is 0 Å². The van der Waals surface area contributed by atoms with Gasteiger partial charge >= 0.3 is 0 Å². The number of carbonyl (C=O) groups is 1. The van der Waals surface area contributed by atoms with Crippen molar-refractivity contribution in [1.82, 2.24) is 19.3 Å². The summed E-state index contributed by atoms with van der Waals surface area (Å²) in [6.45, 7) is 3.52. The first-order valence-electron chi connectivity index (χ1n) is 7.81. The van der Waals surface area contributed by atoms with Crippen LogP contribution in [0.3, 0.4) is 0 Å². The predicted molar refractivity (Wildman–Crippen MR) is 89.3 cm³/mol. The van der Waals surface area contributed by atoms with E-state index in [1.807, 2.05) is 4.90 Å². The summed E-state index contributed by atoms with van der Waals surface area (Å²) in [5, 5.41) is 6.36. The van der Waals surface area contributed by atoms with Gasteiger partial charge in [-0.15, -0.1) is 0 Å². The Morgan fingerprint density at radius 1 is 1.32 bits per heavy atom. The molecule has 0 aromatic carbocycles. The molecule has 0 aliphatic carbocycles. The number of sulfonamides is 1. The number of aryl methyl sites for hydroxylation is 1. The van der Waals surface area contributed by atoms with E-state index in [9.17, 15) is 13.2 Å². The fourth-order valence-electron chi connectivity index (χ4n) is 2.59. The van der Waals surface area contributed by atoms with Gasteiger partial charge in [0.25, 0.3) is 0 Å². The maximum absolute atomic E-state index is 12.5. The van der Waals surface area contributed by atoms with E-state index in [4.69, 9.17) is 4.52 Å². The second kappa shape index (κ2) is 7.30. The van der Waals surface area contributed by atoms with Gasteiger partial charge in [0.2, 0.25) is 15.9 Å². The molecule has 0 atom stereocenters. The van der Waals surface area contributed by atoms with Gasteiger partial charge in [0, 0.05) is 44.6 Å². The lowest BCUT2D eigenvalue weighted by Gasteiger charge is -2.33. The quantitative estimate of drug-likeness (QED) is 0.813. The second-order valence-corrected chi connectivity index (χ2v) is 7.68. The van der Waals surface area contributed by atoms with E-state index in [0.29, 0.717) is 37.8 Å². The number of hydrogen-bond acceptors (Lipinski definition) is 7. The molecule has 2 aromatic heterocycles. The standard InChI is InChI=1S/C15H19N5O4S/c1-12-9-14(18-24-12)17-15(21)11-19-5-7-20(8-6-19)25(22,23)13-3-2-4-16-10-13/h2-4,9-10H,5-8,11H2,1H3,(H,17,18,21). The van der Waals surface area contributed by atoms with Gasteiger partial charge in [0.1, 0.15) is 10.7 Å². The minimum absolute atomic E-state index is 0.173. The van der Waals surface area contributed by atoms with Crippen LogP contribution in [-0.2, 0) is 14.8 Å². The number of anilines is 1. The largest absolute Gasteiger partial charge is 0.360 e. The van der Waals surface area contributed by atoms with E-state index in [1.54, 1.807) is 19.1 Å². The summed E-state index contributed by atoms with van der Waals surface area (Å²) in [4.78, 5) is 18.0. The first-order chi connectivity index (χ1) is 11.9. The molecule has 9 nitrogen and oxygen atoms in total. The van der Waals surface area contributed by atoms with Gasteiger partial charge in [-0.3, -0.25) is 14.7 Å². The number of piperazine rings is 1. The molecule has 1 aliphatic heterocycles. The molecule has 2 aromatic rings. The van der Waals surface area contributed by atoms with E-state index < -0.39 is 10.0 Å². The third-order valence-corrected chi connectivity index (χ3v) is 5.75. The number of carbonyl (C=O) groups excluding carboxylic acids is 1. The minimum atomic E-state index is -3.54. The van der Waals surface area contributed by atoms with Gasteiger partial charge in [0.05, 0.1) is 6.54 Å². The van der Waals surface area contributed by atoms with Crippen LogP contribution >= 0.6 is 0 Å². The van der Waals surface area contributed by atoms with E-state index in [2.05, 4.69) is 15.5 Å². The van der Waals surface area contributed by atoms with Crippen LogP contribution in [0.5, 0.6) is 0 Å². The average molecular weight is 365 g/mol. The summed E-state index contributed by atoms with van der Waals surface area (Å²) in [5.41, 5.74) is 0. The fourth-order valence-corrected chi connectivity index (χ4v) is 3.97. The predicted octanol–water partition coefficient (Wildman–Crippen LogP) is 0.323. The summed E-state index contributed by atoms with van der Waals surface area (Å²) in [5.74, 6) is 0.779. The number of pyridine rings is 1. The summed E-state index contributed by atoms with van der Waals surface area (Å²) in [7, 11) is -3.54. The van der Waals surface area contributed by atoms with Crippen LogP contribution in [0.4, 0.5) is 5.82 Å². The lowest BCUT2D eigenvalue weighted by Crippen LogP contribution is -2.50. The summed E-state index contributed by atoms with van der Waals surface area (Å²) >= 11 is 0. The lowest BCUT2D eigenvalue weighted by atomic mass is 10.3. The van der Waals surface area contributed by atoms with Crippen LogP contribution < -0.4 is 5.32 Å². The molecule has 0 saturated carbocycles. The Labute approximate surface area is 145 Å². The van der Waals surface area contributed by atoms with Crippen molar-refractivity contribution in [3.8, 4) is 0 Å². The topological polar surface area (TPSA) is 109 Å². The number of amides is 1. The molecule has 25 heavy (non-hydrogen) atoms. The zero-order chi connectivity index (χ0) is 17.9. The normalized spacial score (nSPS) is 16.7. The van der Waals surface area contributed by atoms with Gasteiger partial charge in [-0.2, -0.15) is 4.31 Å². The Hall–Kier alpha value is -2.30. The zero-order valence-electron chi connectivity index (χ0n) is 13.8. The molecule has 0 bridgehead atoms. The number of hydrogen-bond donors (Lipinski definition) is 1. The third kappa shape index (κ3) is 4.21. The third-order valence-electron chi connectivity index (χ3n) is 3.87. The van der Waals surface area contributed by atoms with Gasteiger partial charge < -0.3 is 9.84 Å². The molecule has 1 aliphatic rings. The van der Waals surface area contributed by atoms with Crippen molar-refractivity contribution >= 4 is 21.7 Å². The fraction of sp³-hybridized carbons (Fsp3) is 0.400. The van der Waals surface area contributed by atoms with Crippen LogP contribution in [0, 0.1) is 6.92 Å². The molecule has 0 spiro atoms. The molecule has 3 rings (SSSR count). The molecular weight excluding hydrogens is 346 g/mol. The maximum atomic E-state index is 12.5. The van der Waals surface area contributed by atoms with E-state index >= 15 is 0 Å². The molecule has 134 valence electrons. The Balaban J connectivity index is 1.52. The second-order valence-electron chi connectivity index (χ2n) is 5.74. The highest BCUT2D eigenvalue weighted by Gasteiger charge is 2.29. The minimum Gasteiger partial charge on any atom is -0.360 e. The molecule has 1 fully saturated rings. The number of nitrogens with zero attached hydrogens (tertiary/aromatic N) is 4. The van der Waals surface area contributed by atoms with Gasteiger partial charge in [-0.25, -0.2) is 8.42 Å². The lowest BCUT2D eigenvalue weighted by molar-refractivity contribution is -0.117. The van der Waals surface area contributed by atoms with Crippen LogP contribution in [-0.4, -0.2) is 66.4 Å². The molecule has 0 radical (unpaired) electrons. The zero-order valence-corrected chi connectivity index (χ0v) is 14.6. The first kappa shape index (κ1) is 17.5. The number of rotatable bonds is 5. The van der Waals surface area contributed by atoms with Crippen molar-refractivity contribution in [3.63, 3.8) is 0 Å². The van der Waals surface area contributed by atoms with E-state index in [0.717, 1.165) is 0 Å². The van der Waals surface area contributed by atoms with Crippen molar-refractivity contribution in [2.75, 3.05) is 38.0 Å². The number of aromatic nitrogens is 2. The Morgan fingerprint density at radius 3 is 2.68 bits per heavy atom. The van der Waals surface area contributed by atoms with Crippen LogP contribution in [0.25, 0.3) is 0 Å². The molecule has 10 heteroatoms. The number of nitrogens with one attached hydrogen (secondary N) is 1. The van der Waals surface area contributed by atoms with Gasteiger partial charge in [0.15, 0.2) is 5.82 Å². The highest BCUT2D eigenvalue weighted by Crippen LogP contribution is 2.16. The summed E-state index contributed by atoms with van der Waals surface area (Å²) in [6, 6.07) is 4.76. The van der Waals surface area contributed by atoms with Crippen LogP contribution in [0.1, 0.15) is 5.76 Å². The monoisotopic (exact) mass is 365 g/mol. The Morgan fingerprint density at radius 2 is 2.08 bits per heavy atom.